The summed E-state index contributed by atoms with van der Waals surface area (Å²) in [5, 5.41) is 21.8. The van der Waals surface area contributed by atoms with Crippen molar-refractivity contribution in [3.05, 3.63) is 127 Å². The number of esters is 2. The van der Waals surface area contributed by atoms with Crippen LogP contribution in [-0.4, -0.2) is 80.6 Å². The van der Waals surface area contributed by atoms with E-state index in [-0.39, 0.29) is 35.3 Å². The minimum atomic E-state index is -0.855. The summed E-state index contributed by atoms with van der Waals surface area (Å²) in [6.07, 6.45) is 30.5. The van der Waals surface area contributed by atoms with E-state index in [1.165, 1.54) is 12.5 Å². The third kappa shape index (κ3) is 11.8. The van der Waals surface area contributed by atoms with Crippen LogP contribution in [-0.2, 0) is 15.9 Å². The highest BCUT2D eigenvalue weighted by atomic mass is 16.6. The highest BCUT2D eigenvalue weighted by Crippen LogP contribution is 2.34. The molecular weight excluding hydrogens is 698 g/mol. The third-order valence-corrected chi connectivity index (χ3v) is 10.2. The number of likely N-dealkylation sites (N-methyl/N-ethyl adjacent to an activating group) is 1. The maximum Gasteiger partial charge on any atom is 0.360 e. The summed E-state index contributed by atoms with van der Waals surface area (Å²) < 4.78 is 23.1. The molecule has 0 radical (unpaired) electrons. The molecule has 2 aromatic rings. The Balaban J connectivity index is 1.58. The standard InChI is InChI=1S/C44H57N3O8/c1-9-19-35(48)43(4,5)37-24-15-13-11-12-14-21-30(3)27-40-46-32(29-53-40)42(51)55-38(44(6,7)36(49)20-10-2)25-18-23-34-33(47(34)8)22-16-17-26-39-45-31(28-52-39)41(50)54-37/h9-23,26,28-30,33-38,48-49H,24-25,27H2,1-8H3/b12-11-,15-13-,19-9+,20-10+,21-14+,22-16+,23-18-,26-17-/t30-,33-,34+,35-,36-,37-,38-,47?/m0/s1. The number of carbonyl (C=O) groups excluding carboxylic acids is 2. The molecule has 2 aromatic heterocycles. The Bertz CT molecular complexity index is 1820. The van der Waals surface area contributed by atoms with Crippen molar-refractivity contribution in [2.45, 2.75) is 104 Å². The van der Waals surface area contributed by atoms with Crippen molar-refractivity contribution in [2.75, 3.05) is 7.05 Å². The highest BCUT2D eigenvalue weighted by molar-refractivity contribution is 5.87. The van der Waals surface area contributed by atoms with Gasteiger partial charge in [-0.1, -0.05) is 126 Å². The Labute approximate surface area is 325 Å². The number of ether oxygens (including phenoxy) is 2. The van der Waals surface area contributed by atoms with Crippen molar-refractivity contribution < 1.29 is 38.1 Å². The number of aliphatic hydroxyl groups excluding tert-OH is 2. The van der Waals surface area contributed by atoms with Gasteiger partial charge in [-0.05, 0) is 26.8 Å². The fraction of sp³-hybridized carbons (Fsp3) is 0.455. The summed E-state index contributed by atoms with van der Waals surface area (Å²) in [5.74, 6) is -0.548. The van der Waals surface area contributed by atoms with Crippen molar-refractivity contribution in [1.29, 1.82) is 0 Å². The summed E-state index contributed by atoms with van der Waals surface area (Å²) >= 11 is 0. The predicted octanol–water partition coefficient (Wildman–Crippen LogP) is 7.79. The Morgan fingerprint density at radius 3 is 1.93 bits per heavy atom. The van der Waals surface area contributed by atoms with Gasteiger partial charge in [0.25, 0.3) is 0 Å². The normalized spacial score (nSPS) is 29.6. The minimum absolute atomic E-state index is 0.0336. The van der Waals surface area contributed by atoms with Gasteiger partial charge in [0, 0.05) is 48.3 Å². The summed E-state index contributed by atoms with van der Waals surface area (Å²) in [6.45, 7) is 13.1. The van der Waals surface area contributed by atoms with Crippen LogP contribution in [0.3, 0.4) is 0 Å². The topological polar surface area (TPSA) is 148 Å². The van der Waals surface area contributed by atoms with Gasteiger partial charge in [-0.3, -0.25) is 4.90 Å². The average Bonchev–Trinajstić information content (AvgIpc) is 3.48. The van der Waals surface area contributed by atoms with E-state index in [0.717, 1.165) is 0 Å². The second kappa shape index (κ2) is 19.7. The molecule has 2 aliphatic heterocycles. The van der Waals surface area contributed by atoms with Crippen LogP contribution in [0.1, 0.15) is 94.1 Å². The van der Waals surface area contributed by atoms with Gasteiger partial charge in [0.2, 0.25) is 5.89 Å². The molecule has 2 aliphatic rings. The summed E-state index contributed by atoms with van der Waals surface area (Å²) in [5.41, 5.74) is -1.50. The number of carbonyl (C=O) groups is 2. The van der Waals surface area contributed by atoms with Crippen LogP contribution in [0.4, 0.5) is 0 Å². The number of fused-ring (bicyclic) bond motifs is 5. The van der Waals surface area contributed by atoms with Gasteiger partial charge in [-0.15, -0.1) is 0 Å². The van der Waals surface area contributed by atoms with Crippen LogP contribution >= 0.6 is 0 Å². The number of cyclic esters (lactones) is 2. The van der Waals surface area contributed by atoms with Crippen LogP contribution in [0.2, 0.25) is 0 Å². The maximum atomic E-state index is 13.3. The van der Waals surface area contributed by atoms with E-state index in [2.05, 4.69) is 20.9 Å². The minimum Gasteiger partial charge on any atom is -0.457 e. The molecule has 1 saturated heterocycles. The van der Waals surface area contributed by atoms with E-state index in [1.54, 1.807) is 36.5 Å². The van der Waals surface area contributed by atoms with Crippen LogP contribution in [0.25, 0.3) is 6.08 Å². The number of allylic oxidation sites excluding steroid dienone is 9. The Morgan fingerprint density at radius 2 is 1.29 bits per heavy atom. The van der Waals surface area contributed by atoms with E-state index in [0.29, 0.717) is 25.2 Å². The number of hydrogen-bond donors (Lipinski definition) is 2. The second-order valence-electron chi connectivity index (χ2n) is 15.2. The molecule has 1 unspecified atom stereocenters. The number of aromatic nitrogens is 2. The van der Waals surface area contributed by atoms with Crippen LogP contribution < -0.4 is 0 Å². The summed E-state index contributed by atoms with van der Waals surface area (Å²) in [6, 6.07) is 0.281. The molecule has 0 amide bonds. The maximum absolute atomic E-state index is 13.3. The first-order valence-electron chi connectivity index (χ1n) is 18.9. The zero-order valence-corrected chi connectivity index (χ0v) is 33.2. The van der Waals surface area contributed by atoms with Crippen molar-refractivity contribution in [1.82, 2.24) is 14.9 Å². The zero-order chi connectivity index (χ0) is 40.2. The Hall–Kier alpha value is -4.84. The molecule has 1 fully saturated rings. The van der Waals surface area contributed by atoms with Gasteiger partial charge in [0.15, 0.2) is 17.3 Å². The van der Waals surface area contributed by atoms with Gasteiger partial charge in [0.05, 0.1) is 12.2 Å². The number of aliphatic hydroxyl groups is 2. The van der Waals surface area contributed by atoms with Gasteiger partial charge >= 0.3 is 11.9 Å². The van der Waals surface area contributed by atoms with E-state index >= 15 is 0 Å². The third-order valence-electron chi connectivity index (χ3n) is 10.2. The van der Waals surface area contributed by atoms with Crippen LogP contribution in [0.5, 0.6) is 0 Å². The van der Waals surface area contributed by atoms with Crippen molar-refractivity contribution in [3.8, 4) is 0 Å². The molecule has 8 atom stereocenters. The molecular formula is C44H57N3O8. The lowest BCUT2D eigenvalue weighted by molar-refractivity contribution is -0.0461. The molecule has 0 spiro atoms. The number of rotatable bonds is 6. The molecule has 55 heavy (non-hydrogen) atoms. The number of hydrogen-bond acceptors (Lipinski definition) is 11. The second-order valence-corrected chi connectivity index (χ2v) is 15.2. The van der Waals surface area contributed by atoms with Gasteiger partial charge in [-0.25, -0.2) is 19.6 Å². The molecule has 4 bridgehead atoms. The number of oxazole rings is 2. The smallest absolute Gasteiger partial charge is 0.360 e. The lowest BCUT2D eigenvalue weighted by Crippen LogP contribution is -2.42. The zero-order valence-electron chi connectivity index (χ0n) is 33.2. The van der Waals surface area contributed by atoms with Gasteiger partial charge in [-0.2, -0.15) is 0 Å². The molecule has 4 heterocycles. The van der Waals surface area contributed by atoms with Gasteiger partial charge in [0.1, 0.15) is 24.7 Å². The van der Waals surface area contributed by atoms with E-state index in [4.69, 9.17) is 18.3 Å². The largest absolute Gasteiger partial charge is 0.457 e. The summed E-state index contributed by atoms with van der Waals surface area (Å²) in [7, 11) is 2.01. The first-order chi connectivity index (χ1) is 26.2. The quantitative estimate of drug-likeness (QED) is 0.169. The van der Waals surface area contributed by atoms with E-state index in [1.807, 2.05) is 110 Å². The lowest BCUT2D eigenvalue weighted by atomic mass is 9.79. The molecule has 0 aromatic carbocycles. The Kier molecular flexibility index (Phi) is 15.3. The molecule has 11 nitrogen and oxygen atoms in total. The fourth-order valence-corrected chi connectivity index (χ4v) is 6.14. The summed E-state index contributed by atoms with van der Waals surface area (Å²) in [4.78, 5) is 37.5. The molecule has 0 aliphatic carbocycles. The van der Waals surface area contributed by atoms with Crippen molar-refractivity contribution in [3.63, 3.8) is 0 Å². The van der Waals surface area contributed by atoms with E-state index in [9.17, 15) is 19.8 Å². The fourth-order valence-electron chi connectivity index (χ4n) is 6.14. The highest BCUT2D eigenvalue weighted by Gasteiger charge is 2.41. The lowest BCUT2D eigenvalue weighted by Gasteiger charge is -2.36. The Morgan fingerprint density at radius 1 is 0.745 bits per heavy atom. The first-order valence-corrected chi connectivity index (χ1v) is 18.9. The molecule has 0 saturated carbocycles. The first kappa shape index (κ1) is 42.9. The molecule has 296 valence electrons. The van der Waals surface area contributed by atoms with E-state index < -0.39 is 47.2 Å². The molecule has 11 heteroatoms. The van der Waals surface area contributed by atoms with Gasteiger partial charge < -0.3 is 28.5 Å². The average molecular weight is 756 g/mol. The van der Waals surface area contributed by atoms with Crippen molar-refractivity contribution in [2.24, 2.45) is 16.7 Å². The monoisotopic (exact) mass is 755 g/mol. The van der Waals surface area contributed by atoms with Crippen molar-refractivity contribution >= 4 is 18.0 Å². The predicted molar refractivity (Wildman–Crippen MR) is 213 cm³/mol. The number of nitrogens with zero attached hydrogens (tertiary/aromatic N) is 3. The van der Waals surface area contributed by atoms with Crippen LogP contribution in [0.15, 0.2) is 113 Å². The SMILES string of the molecule is C/C=C/[C@H](O)C(C)(C)[C@@H]1C\C=C/C=C\C=C\[C@H](C)Cc2nc(co2)C(=O)O[C@H](C(C)(C)[C@@H](O)/C=C/C)C/C=C\[C@@H]2[C@H](/C=C/C=C\c3nc(co3)C(=O)O1)N2C. The van der Waals surface area contributed by atoms with Crippen LogP contribution in [0, 0.1) is 16.7 Å². The molecule has 2 N–H and O–H groups in total. The molecule has 4 rings (SSSR count).